The predicted octanol–water partition coefficient (Wildman–Crippen LogP) is 1.80. The molecule has 0 aliphatic heterocycles. The van der Waals surface area contributed by atoms with E-state index in [-0.39, 0.29) is 5.69 Å². The van der Waals surface area contributed by atoms with Gasteiger partial charge in [-0.1, -0.05) is 12.1 Å². The number of ether oxygens (including phenoxy) is 2. The summed E-state index contributed by atoms with van der Waals surface area (Å²) in [6, 6.07) is 5.29. The number of aryl methyl sites for hydroxylation is 1. The first kappa shape index (κ1) is 12.9. The molecule has 0 bridgehead atoms. The van der Waals surface area contributed by atoms with Crippen LogP contribution in [0, 0.1) is 0 Å². The summed E-state index contributed by atoms with van der Waals surface area (Å²) in [5.41, 5.74) is 1.23. The SMILES string of the molecule is COc1cccc(-c2cnn(C)c2C(=O)O)c1OC. The van der Waals surface area contributed by atoms with Gasteiger partial charge in [-0.3, -0.25) is 4.68 Å². The summed E-state index contributed by atoms with van der Waals surface area (Å²) in [6.45, 7) is 0. The first-order valence-corrected chi connectivity index (χ1v) is 5.56. The molecule has 0 amide bonds. The van der Waals surface area contributed by atoms with E-state index in [0.29, 0.717) is 22.6 Å². The molecule has 0 atom stereocenters. The Bertz CT molecular complexity index is 619. The van der Waals surface area contributed by atoms with E-state index in [1.54, 1.807) is 25.2 Å². The zero-order valence-corrected chi connectivity index (χ0v) is 10.9. The minimum atomic E-state index is -1.04. The lowest BCUT2D eigenvalue weighted by atomic mass is 10.0. The van der Waals surface area contributed by atoms with Gasteiger partial charge in [0, 0.05) is 18.2 Å². The maximum Gasteiger partial charge on any atom is 0.354 e. The van der Waals surface area contributed by atoms with Gasteiger partial charge in [0.25, 0.3) is 0 Å². The second-order valence-electron chi connectivity index (χ2n) is 3.88. The first-order chi connectivity index (χ1) is 9.10. The Labute approximate surface area is 110 Å². The second-order valence-corrected chi connectivity index (χ2v) is 3.88. The monoisotopic (exact) mass is 262 g/mol. The van der Waals surface area contributed by atoms with Gasteiger partial charge in [0.15, 0.2) is 17.2 Å². The number of aromatic carboxylic acids is 1. The van der Waals surface area contributed by atoms with E-state index < -0.39 is 5.97 Å². The molecule has 2 aromatic rings. The van der Waals surface area contributed by atoms with Crippen LogP contribution in [-0.4, -0.2) is 35.1 Å². The van der Waals surface area contributed by atoms with Gasteiger partial charge in [-0.25, -0.2) is 4.79 Å². The summed E-state index contributed by atoms with van der Waals surface area (Å²) in [7, 11) is 4.63. The van der Waals surface area contributed by atoms with Gasteiger partial charge >= 0.3 is 5.97 Å². The molecule has 0 aliphatic rings. The van der Waals surface area contributed by atoms with Crippen LogP contribution in [0.3, 0.4) is 0 Å². The van der Waals surface area contributed by atoms with Crippen molar-refractivity contribution in [3.05, 3.63) is 30.1 Å². The van der Waals surface area contributed by atoms with Crippen molar-refractivity contribution in [3.8, 4) is 22.6 Å². The van der Waals surface area contributed by atoms with Gasteiger partial charge in [-0.05, 0) is 6.07 Å². The average Bonchev–Trinajstić information content (AvgIpc) is 2.79. The van der Waals surface area contributed by atoms with Gasteiger partial charge in [-0.2, -0.15) is 5.10 Å². The lowest BCUT2D eigenvalue weighted by Gasteiger charge is -2.12. The van der Waals surface area contributed by atoms with Crippen LogP contribution in [0.15, 0.2) is 24.4 Å². The van der Waals surface area contributed by atoms with E-state index in [1.165, 1.54) is 25.1 Å². The molecule has 6 nitrogen and oxygen atoms in total. The van der Waals surface area contributed by atoms with Crippen molar-refractivity contribution < 1.29 is 19.4 Å². The highest BCUT2D eigenvalue weighted by Crippen LogP contribution is 2.38. The third kappa shape index (κ3) is 2.12. The van der Waals surface area contributed by atoms with Crippen LogP contribution in [0.25, 0.3) is 11.1 Å². The van der Waals surface area contributed by atoms with Crippen LogP contribution < -0.4 is 9.47 Å². The maximum atomic E-state index is 11.3. The van der Waals surface area contributed by atoms with Gasteiger partial charge in [0.2, 0.25) is 0 Å². The van der Waals surface area contributed by atoms with Gasteiger partial charge in [-0.15, -0.1) is 0 Å². The zero-order valence-electron chi connectivity index (χ0n) is 10.9. The van der Waals surface area contributed by atoms with E-state index in [1.807, 2.05) is 0 Å². The fraction of sp³-hybridized carbons (Fsp3) is 0.231. The summed E-state index contributed by atoms with van der Waals surface area (Å²) in [4.78, 5) is 11.3. The van der Waals surface area contributed by atoms with E-state index in [2.05, 4.69) is 5.10 Å². The molecule has 1 aromatic heterocycles. The zero-order chi connectivity index (χ0) is 14.0. The Kier molecular flexibility index (Phi) is 3.41. The summed E-state index contributed by atoms with van der Waals surface area (Å²) < 4.78 is 11.8. The fourth-order valence-electron chi connectivity index (χ4n) is 1.99. The highest BCUT2D eigenvalue weighted by molar-refractivity contribution is 5.95. The van der Waals surface area contributed by atoms with E-state index in [9.17, 15) is 9.90 Å². The molecule has 0 aliphatic carbocycles. The number of benzene rings is 1. The number of carboxylic acids is 1. The van der Waals surface area contributed by atoms with Crippen LogP contribution in [0.5, 0.6) is 11.5 Å². The third-order valence-corrected chi connectivity index (χ3v) is 2.83. The Hall–Kier alpha value is -2.50. The topological polar surface area (TPSA) is 73.6 Å². The Morgan fingerprint density at radius 3 is 2.58 bits per heavy atom. The van der Waals surface area contributed by atoms with Crippen LogP contribution in [-0.2, 0) is 7.05 Å². The number of nitrogens with zero attached hydrogens (tertiary/aromatic N) is 2. The summed E-state index contributed by atoms with van der Waals surface area (Å²) in [5.74, 6) is -0.0134. The Morgan fingerprint density at radius 1 is 1.26 bits per heavy atom. The fourth-order valence-corrected chi connectivity index (χ4v) is 1.99. The normalized spacial score (nSPS) is 10.3. The van der Waals surface area contributed by atoms with Crippen LogP contribution >= 0.6 is 0 Å². The minimum absolute atomic E-state index is 0.103. The molecule has 0 unspecified atom stereocenters. The Morgan fingerprint density at radius 2 is 2.00 bits per heavy atom. The molecule has 0 fully saturated rings. The van der Waals surface area contributed by atoms with E-state index in [0.717, 1.165) is 0 Å². The summed E-state index contributed by atoms with van der Waals surface area (Å²) in [6.07, 6.45) is 1.50. The second kappa shape index (κ2) is 5.01. The predicted molar refractivity (Wildman–Crippen MR) is 68.7 cm³/mol. The smallest absolute Gasteiger partial charge is 0.354 e. The molecule has 6 heteroatoms. The van der Waals surface area contributed by atoms with Crippen molar-refractivity contribution in [2.45, 2.75) is 0 Å². The van der Waals surface area contributed by atoms with Crippen LogP contribution in [0.2, 0.25) is 0 Å². The first-order valence-electron chi connectivity index (χ1n) is 5.56. The number of carboxylic acid groups (broad SMARTS) is 1. The van der Waals surface area contributed by atoms with Crippen molar-refractivity contribution in [3.63, 3.8) is 0 Å². The van der Waals surface area contributed by atoms with Crippen LogP contribution in [0.4, 0.5) is 0 Å². The largest absolute Gasteiger partial charge is 0.493 e. The molecular weight excluding hydrogens is 248 g/mol. The van der Waals surface area contributed by atoms with Crippen molar-refractivity contribution in [2.24, 2.45) is 7.05 Å². The van der Waals surface area contributed by atoms with Gasteiger partial charge in [0.1, 0.15) is 0 Å². The number of rotatable bonds is 4. The van der Waals surface area contributed by atoms with E-state index in [4.69, 9.17) is 9.47 Å². The highest BCUT2D eigenvalue weighted by Gasteiger charge is 2.21. The molecule has 0 saturated carbocycles. The number of methoxy groups -OCH3 is 2. The molecule has 0 spiro atoms. The lowest BCUT2D eigenvalue weighted by Crippen LogP contribution is -2.07. The number of hydrogen-bond acceptors (Lipinski definition) is 4. The molecule has 1 aromatic carbocycles. The molecule has 1 heterocycles. The standard InChI is InChI=1S/C13H14N2O4/c1-15-11(13(16)17)9(7-14-15)8-5-4-6-10(18-2)12(8)19-3/h4-7H,1-3H3,(H,16,17). The minimum Gasteiger partial charge on any atom is -0.493 e. The number of aromatic nitrogens is 2. The average molecular weight is 262 g/mol. The Balaban J connectivity index is 2.69. The highest BCUT2D eigenvalue weighted by atomic mass is 16.5. The van der Waals surface area contributed by atoms with Crippen molar-refractivity contribution in [1.82, 2.24) is 9.78 Å². The van der Waals surface area contributed by atoms with Crippen molar-refractivity contribution in [2.75, 3.05) is 14.2 Å². The summed E-state index contributed by atoms with van der Waals surface area (Å²) in [5, 5.41) is 13.2. The number of hydrogen-bond donors (Lipinski definition) is 1. The summed E-state index contributed by atoms with van der Waals surface area (Å²) >= 11 is 0. The van der Waals surface area contributed by atoms with Gasteiger partial charge < -0.3 is 14.6 Å². The quantitative estimate of drug-likeness (QED) is 0.909. The van der Waals surface area contributed by atoms with Crippen LogP contribution in [0.1, 0.15) is 10.5 Å². The molecule has 1 N–H and O–H groups in total. The third-order valence-electron chi connectivity index (χ3n) is 2.83. The molecule has 2 rings (SSSR count). The van der Waals surface area contributed by atoms with Crippen molar-refractivity contribution >= 4 is 5.97 Å². The number of para-hydroxylation sites is 1. The van der Waals surface area contributed by atoms with E-state index >= 15 is 0 Å². The lowest BCUT2D eigenvalue weighted by molar-refractivity contribution is 0.0686. The molecule has 0 radical (unpaired) electrons. The molecular formula is C13H14N2O4. The van der Waals surface area contributed by atoms with Gasteiger partial charge in [0.05, 0.1) is 20.4 Å². The maximum absolute atomic E-state index is 11.3. The number of carbonyl (C=O) groups is 1. The molecule has 100 valence electrons. The van der Waals surface area contributed by atoms with Crippen molar-refractivity contribution in [1.29, 1.82) is 0 Å². The molecule has 0 saturated heterocycles. The molecule has 19 heavy (non-hydrogen) atoms.